The average molecular weight is 369 g/mol. The highest BCUT2D eigenvalue weighted by Crippen LogP contribution is 2.29. The predicted octanol–water partition coefficient (Wildman–Crippen LogP) is 4.68. The minimum atomic E-state index is -0.00507. The molecule has 146 valence electrons. The lowest BCUT2D eigenvalue weighted by Crippen LogP contribution is -2.43. The maximum Gasteiger partial charge on any atom is 0.247 e. The molecular weight excluding hydrogens is 336 g/mol. The standard InChI is InChI=1S/C23H32N2O2/c1-18(2)22(16-23(26)24(4)27-5)25(17-20-12-8-6-9-13-20)19(3)21-14-10-7-11-15-21/h6-15,18-19,22H,16-17H2,1-5H3/t19-,22?/m1/s1. The van der Waals surface area contributed by atoms with Crippen molar-refractivity contribution < 1.29 is 9.63 Å². The first kappa shape index (κ1) is 21.1. The Balaban J connectivity index is 2.33. The summed E-state index contributed by atoms with van der Waals surface area (Å²) in [7, 11) is 3.19. The molecule has 2 atom stereocenters. The molecule has 1 amide bonds. The van der Waals surface area contributed by atoms with Gasteiger partial charge in [-0.05, 0) is 24.0 Å². The number of amides is 1. The lowest BCUT2D eigenvalue weighted by molar-refractivity contribution is -0.170. The minimum absolute atomic E-state index is 0.00507. The van der Waals surface area contributed by atoms with Gasteiger partial charge in [-0.3, -0.25) is 14.5 Å². The second-order valence-corrected chi connectivity index (χ2v) is 7.33. The molecule has 0 N–H and O–H groups in total. The zero-order valence-electron chi connectivity index (χ0n) is 17.1. The van der Waals surface area contributed by atoms with Crippen LogP contribution in [-0.2, 0) is 16.2 Å². The van der Waals surface area contributed by atoms with Crippen LogP contribution >= 0.6 is 0 Å². The van der Waals surface area contributed by atoms with Gasteiger partial charge in [0.1, 0.15) is 0 Å². The third-order valence-corrected chi connectivity index (χ3v) is 5.19. The first-order valence-corrected chi connectivity index (χ1v) is 9.59. The lowest BCUT2D eigenvalue weighted by atomic mass is 9.94. The summed E-state index contributed by atoms with van der Waals surface area (Å²) in [6, 6.07) is 21.2. The van der Waals surface area contributed by atoms with E-state index in [0.29, 0.717) is 12.3 Å². The van der Waals surface area contributed by atoms with Gasteiger partial charge in [0, 0.05) is 32.1 Å². The summed E-state index contributed by atoms with van der Waals surface area (Å²) in [5, 5.41) is 1.32. The van der Waals surface area contributed by atoms with E-state index in [-0.39, 0.29) is 18.0 Å². The summed E-state index contributed by atoms with van der Waals surface area (Å²) in [6.45, 7) is 7.38. The van der Waals surface area contributed by atoms with Gasteiger partial charge in [0.05, 0.1) is 7.11 Å². The molecule has 0 spiro atoms. The molecule has 0 bridgehead atoms. The number of benzene rings is 2. The van der Waals surface area contributed by atoms with Gasteiger partial charge >= 0.3 is 0 Å². The Morgan fingerprint density at radius 3 is 2.04 bits per heavy atom. The number of carbonyl (C=O) groups excluding carboxylic acids is 1. The number of nitrogens with zero attached hydrogens (tertiary/aromatic N) is 2. The molecule has 0 saturated heterocycles. The molecule has 4 heteroatoms. The zero-order valence-corrected chi connectivity index (χ0v) is 17.1. The first-order valence-electron chi connectivity index (χ1n) is 9.59. The average Bonchev–Trinajstić information content (AvgIpc) is 2.70. The highest BCUT2D eigenvalue weighted by Gasteiger charge is 2.30. The van der Waals surface area contributed by atoms with Crippen molar-refractivity contribution >= 4 is 5.91 Å². The smallest absolute Gasteiger partial charge is 0.247 e. The fourth-order valence-corrected chi connectivity index (χ4v) is 3.40. The van der Waals surface area contributed by atoms with Crippen LogP contribution in [0, 0.1) is 5.92 Å². The van der Waals surface area contributed by atoms with Crippen molar-refractivity contribution in [1.29, 1.82) is 0 Å². The van der Waals surface area contributed by atoms with Crippen molar-refractivity contribution in [3.05, 3.63) is 71.8 Å². The molecule has 2 rings (SSSR count). The number of hydrogen-bond donors (Lipinski definition) is 0. The van der Waals surface area contributed by atoms with Crippen molar-refractivity contribution in [1.82, 2.24) is 9.96 Å². The summed E-state index contributed by atoms with van der Waals surface area (Å²) in [4.78, 5) is 20.1. The molecule has 0 aliphatic heterocycles. The Kier molecular flexibility index (Phi) is 8.01. The van der Waals surface area contributed by atoms with Crippen LogP contribution in [0.2, 0.25) is 0 Å². The number of rotatable bonds is 9. The monoisotopic (exact) mass is 368 g/mol. The topological polar surface area (TPSA) is 32.8 Å². The molecule has 1 unspecified atom stereocenters. The summed E-state index contributed by atoms with van der Waals surface area (Å²) in [6.07, 6.45) is 0.423. The molecule has 27 heavy (non-hydrogen) atoms. The van der Waals surface area contributed by atoms with Crippen LogP contribution in [0.3, 0.4) is 0 Å². The van der Waals surface area contributed by atoms with Gasteiger partial charge in [0.25, 0.3) is 0 Å². The van der Waals surface area contributed by atoms with E-state index in [1.54, 1.807) is 7.05 Å². The van der Waals surface area contributed by atoms with Gasteiger partial charge < -0.3 is 0 Å². The lowest BCUT2D eigenvalue weighted by Gasteiger charge is -2.39. The Bertz CT molecular complexity index is 688. The Morgan fingerprint density at radius 1 is 0.963 bits per heavy atom. The van der Waals surface area contributed by atoms with Crippen LogP contribution in [0.1, 0.15) is 44.4 Å². The van der Waals surface area contributed by atoms with Crippen LogP contribution in [0.5, 0.6) is 0 Å². The van der Waals surface area contributed by atoms with Crippen LogP contribution in [0.15, 0.2) is 60.7 Å². The van der Waals surface area contributed by atoms with E-state index in [0.717, 1.165) is 6.54 Å². The van der Waals surface area contributed by atoms with Gasteiger partial charge in [0.2, 0.25) is 5.91 Å². The molecule has 0 heterocycles. The Labute approximate surface area is 163 Å². The minimum Gasteiger partial charge on any atom is -0.289 e. The van der Waals surface area contributed by atoms with Crippen LogP contribution in [0.4, 0.5) is 0 Å². The van der Waals surface area contributed by atoms with Crippen molar-refractivity contribution in [2.45, 2.75) is 45.8 Å². The maximum atomic E-state index is 12.6. The van der Waals surface area contributed by atoms with E-state index in [9.17, 15) is 4.79 Å². The van der Waals surface area contributed by atoms with E-state index in [2.05, 4.69) is 74.2 Å². The fraction of sp³-hybridized carbons (Fsp3) is 0.435. The van der Waals surface area contributed by atoms with E-state index in [1.165, 1.54) is 23.3 Å². The van der Waals surface area contributed by atoms with Gasteiger partial charge in [-0.1, -0.05) is 74.5 Å². The third kappa shape index (κ3) is 5.91. The molecule has 0 radical (unpaired) electrons. The summed E-state index contributed by atoms with van der Waals surface area (Å²) >= 11 is 0. The molecular formula is C23H32N2O2. The normalized spacial score (nSPS) is 13.6. The Hall–Kier alpha value is -2.17. The summed E-state index contributed by atoms with van der Waals surface area (Å²) in [5.74, 6) is 0.323. The largest absolute Gasteiger partial charge is 0.289 e. The van der Waals surface area contributed by atoms with Crippen LogP contribution < -0.4 is 0 Å². The second kappa shape index (κ2) is 10.2. The van der Waals surface area contributed by atoms with E-state index < -0.39 is 0 Å². The van der Waals surface area contributed by atoms with Crippen molar-refractivity contribution in [3.63, 3.8) is 0 Å². The second-order valence-electron chi connectivity index (χ2n) is 7.33. The van der Waals surface area contributed by atoms with E-state index in [1.807, 2.05) is 12.1 Å². The molecule has 4 nitrogen and oxygen atoms in total. The molecule has 0 saturated carbocycles. The highest BCUT2D eigenvalue weighted by molar-refractivity contribution is 5.75. The van der Waals surface area contributed by atoms with E-state index >= 15 is 0 Å². The molecule has 0 fully saturated rings. The van der Waals surface area contributed by atoms with Gasteiger partial charge in [-0.2, -0.15) is 0 Å². The zero-order chi connectivity index (χ0) is 19.8. The molecule has 2 aromatic rings. The molecule has 0 aromatic heterocycles. The van der Waals surface area contributed by atoms with Gasteiger partial charge in [0.15, 0.2) is 0 Å². The highest BCUT2D eigenvalue weighted by atomic mass is 16.7. The van der Waals surface area contributed by atoms with Crippen molar-refractivity contribution in [3.8, 4) is 0 Å². The molecule has 0 aliphatic carbocycles. The third-order valence-electron chi connectivity index (χ3n) is 5.19. The quantitative estimate of drug-likeness (QED) is 0.602. The van der Waals surface area contributed by atoms with E-state index in [4.69, 9.17) is 4.84 Å². The number of hydroxylamine groups is 2. The van der Waals surface area contributed by atoms with Gasteiger partial charge in [-0.15, -0.1) is 0 Å². The predicted molar refractivity (Wildman–Crippen MR) is 110 cm³/mol. The molecule has 0 aliphatic rings. The fourth-order valence-electron chi connectivity index (χ4n) is 3.40. The number of carbonyl (C=O) groups is 1. The van der Waals surface area contributed by atoms with Crippen molar-refractivity contribution in [2.75, 3.05) is 14.2 Å². The summed E-state index contributed by atoms with van der Waals surface area (Å²) in [5.41, 5.74) is 2.50. The SMILES string of the molecule is CON(C)C(=O)CC(C(C)C)N(Cc1ccccc1)[C@H](C)c1ccccc1. The Morgan fingerprint density at radius 2 is 1.52 bits per heavy atom. The van der Waals surface area contributed by atoms with Crippen LogP contribution in [-0.4, -0.2) is 36.1 Å². The first-order chi connectivity index (χ1) is 12.9. The van der Waals surface area contributed by atoms with Crippen LogP contribution in [0.25, 0.3) is 0 Å². The van der Waals surface area contributed by atoms with Crippen molar-refractivity contribution in [2.24, 2.45) is 5.92 Å². The number of hydrogen-bond acceptors (Lipinski definition) is 3. The molecule has 2 aromatic carbocycles. The maximum absolute atomic E-state index is 12.6. The summed E-state index contributed by atoms with van der Waals surface area (Å²) < 4.78 is 0. The van der Waals surface area contributed by atoms with Gasteiger partial charge in [-0.25, -0.2) is 5.06 Å².